The number of aliphatic imine (C=N–C) groups is 1. The van der Waals surface area contributed by atoms with Gasteiger partial charge in [-0.2, -0.15) is 11.8 Å². The van der Waals surface area contributed by atoms with Crippen LogP contribution in [-0.4, -0.2) is 49.8 Å². The van der Waals surface area contributed by atoms with E-state index in [1.165, 1.54) is 18.6 Å². The predicted molar refractivity (Wildman–Crippen MR) is 103 cm³/mol. The summed E-state index contributed by atoms with van der Waals surface area (Å²) < 4.78 is 11.5. The fourth-order valence-corrected chi connectivity index (χ4v) is 3.90. The van der Waals surface area contributed by atoms with Gasteiger partial charge >= 0.3 is 0 Å². The average molecular weight is 352 g/mol. The number of nitrogens with zero attached hydrogens (tertiary/aromatic N) is 1. The quantitative estimate of drug-likeness (QED) is 0.584. The van der Waals surface area contributed by atoms with Crippen molar-refractivity contribution in [1.29, 1.82) is 0 Å². The molecule has 2 rings (SSSR count). The van der Waals surface area contributed by atoms with E-state index in [-0.39, 0.29) is 6.10 Å². The van der Waals surface area contributed by atoms with Gasteiger partial charge in [-0.15, -0.1) is 0 Å². The van der Waals surface area contributed by atoms with Gasteiger partial charge < -0.3 is 20.1 Å². The van der Waals surface area contributed by atoms with E-state index in [1.807, 2.05) is 43.0 Å². The van der Waals surface area contributed by atoms with Crippen LogP contribution in [0.3, 0.4) is 0 Å². The molecule has 2 atom stereocenters. The van der Waals surface area contributed by atoms with Gasteiger partial charge in [-0.3, -0.25) is 4.99 Å². The fourth-order valence-electron chi connectivity index (χ4n) is 2.66. The number of ether oxygens (including phenoxy) is 2. The lowest BCUT2D eigenvalue weighted by molar-refractivity contribution is 0.223. The van der Waals surface area contributed by atoms with Gasteiger partial charge in [0, 0.05) is 24.4 Å². The summed E-state index contributed by atoms with van der Waals surface area (Å²) in [5, 5.41) is 6.76. The van der Waals surface area contributed by atoms with Gasteiger partial charge in [0.05, 0.1) is 13.7 Å². The highest BCUT2D eigenvalue weighted by atomic mass is 32.2. The Bertz CT molecular complexity index is 545. The standard InChI is InChI=1S/C18H29N3O2S/c1-14(23-16-8-5-7-15(11-16)22-4)12-20-17(19-3)21-13-18(2)9-6-10-24-18/h5,7-8,11,14H,6,9-10,12-13H2,1-4H3,(H2,19,20,21). The van der Waals surface area contributed by atoms with Crippen LogP contribution >= 0.6 is 11.8 Å². The topological polar surface area (TPSA) is 54.9 Å². The highest BCUT2D eigenvalue weighted by Crippen LogP contribution is 2.36. The molecule has 1 aliphatic heterocycles. The second-order valence-electron chi connectivity index (χ2n) is 6.32. The van der Waals surface area contributed by atoms with Crippen LogP contribution in [0.5, 0.6) is 11.5 Å². The van der Waals surface area contributed by atoms with Crippen LogP contribution in [0.1, 0.15) is 26.7 Å². The minimum Gasteiger partial charge on any atom is -0.497 e. The first kappa shape index (κ1) is 18.8. The van der Waals surface area contributed by atoms with Gasteiger partial charge in [0.15, 0.2) is 5.96 Å². The summed E-state index contributed by atoms with van der Waals surface area (Å²) in [7, 11) is 3.45. The van der Waals surface area contributed by atoms with E-state index in [0.29, 0.717) is 11.3 Å². The summed E-state index contributed by atoms with van der Waals surface area (Å²) in [6.07, 6.45) is 2.59. The molecular weight excluding hydrogens is 322 g/mol. The number of nitrogens with one attached hydrogen (secondary N) is 2. The maximum absolute atomic E-state index is 5.92. The molecule has 2 unspecified atom stereocenters. The van der Waals surface area contributed by atoms with Crippen molar-refractivity contribution >= 4 is 17.7 Å². The Morgan fingerprint density at radius 1 is 1.38 bits per heavy atom. The Morgan fingerprint density at radius 2 is 2.17 bits per heavy atom. The summed E-state index contributed by atoms with van der Waals surface area (Å²) in [5.74, 6) is 3.69. The molecule has 5 nitrogen and oxygen atoms in total. The predicted octanol–water partition coefficient (Wildman–Crippen LogP) is 2.91. The molecule has 2 N–H and O–H groups in total. The van der Waals surface area contributed by atoms with Gasteiger partial charge in [-0.05, 0) is 44.6 Å². The Labute approximate surface area is 149 Å². The van der Waals surface area contributed by atoms with Crippen LogP contribution in [0.2, 0.25) is 0 Å². The first-order valence-corrected chi connectivity index (χ1v) is 9.42. The molecular formula is C18H29N3O2S. The molecule has 0 bridgehead atoms. The summed E-state index contributed by atoms with van der Waals surface area (Å²) in [5.41, 5.74) is 0. The van der Waals surface area contributed by atoms with Crippen LogP contribution in [0.4, 0.5) is 0 Å². The van der Waals surface area contributed by atoms with Crippen LogP contribution in [0.25, 0.3) is 0 Å². The molecule has 1 heterocycles. The summed E-state index contributed by atoms with van der Waals surface area (Å²) in [6, 6.07) is 7.66. The Morgan fingerprint density at radius 3 is 2.83 bits per heavy atom. The van der Waals surface area contributed by atoms with E-state index in [1.54, 1.807) is 14.2 Å². The van der Waals surface area contributed by atoms with Crippen molar-refractivity contribution in [3.05, 3.63) is 24.3 Å². The van der Waals surface area contributed by atoms with Crippen molar-refractivity contribution in [2.75, 3.05) is 33.0 Å². The van der Waals surface area contributed by atoms with Gasteiger partial charge in [0.1, 0.15) is 17.6 Å². The maximum atomic E-state index is 5.92. The average Bonchev–Trinajstić information content (AvgIpc) is 3.02. The normalized spacial score (nSPS) is 22.1. The van der Waals surface area contributed by atoms with Crippen molar-refractivity contribution in [3.8, 4) is 11.5 Å². The Balaban J connectivity index is 1.75. The largest absolute Gasteiger partial charge is 0.497 e. The molecule has 1 fully saturated rings. The lowest BCUT2D eigenvalue weighted by Crippen LogP contribution is -2.46. The number of benzene rings is 1. The van der Waals surface area contributed by atoms with Crippen molar-refractivity contribution in [1.82, 2.24) is 10.6 Å². The third-order valence-corrected chi connectivity index (χ3v) is 5.63. The van der Waals surface area contributed by atoms with E-state index in [4.69, 9.17) is 9.47 Å². The zero-order valence-corrected chi connectivity index (χ0v) is 15.9. The molecule has 134 valence electrons. The summed E-state index contributed by atoms with van der Waals surface area (Å²) >= 11 is 2.04. The van der Waals surface area contributed by atoms with Gasteiger partial charge in [-0.25, -0.2) is 0 Å². The smallest absolute Gasteiger partial charge is 0.191 e. The third kappa shape index (κ3) is 5.82. The van der Waals surface area contributed by atoms with Crippen molar-refractivity contribution in [3.63, 3.8) is 0 Å². The summed E-state index contributed by atoms with van der Waals surface area (Å²) in [4.78, 5) is 4.30. The molecule has 1 aliphatic rings. The highest BCUT2D eigenvalue weighted by molar-refractivity contribution is 8.00. The highest BCUT2D eigenvalue weighted by Gasteiger charge is 2.29. The zero-order chi connectivity index (χ0) is 17.4. The van der Waals surface area contributed by atoms with Gasteiger partial charge in [0.2, 0.25) is 0 Å². The van der Waals surface area contributed by atoms with Crippen LogP contribution in [0, 0.1) is 0 Å². The number of rotatable bonds is 7. The molecule has 0 radical (unpaired) electrons. The molecule has 0 aliphatic carbocycles. The molecule has 6 heteroatoms. The van der Waals surface area contributed by atoms with Gasteiger partial charge in [-0.1, -0.05) is 6.07 Å². The number of hydrogen-bond donors (Lipinski definition) is 2. The second kappa shape index (κ2) is 9.06. The monoisotopic (exact) mass is 351 g/mol. The van der Waals surface area contributed by atoms with Crippen LogP contribution in [0.15, 0.2) is 29.3 Å². The van der Waals surface area contributed by atoms with E-state index in [2.05, 4.69) is 22.5 Å². The molecule has 0 amide bonds. The van der Waals surface area contributed by atoms with Crippen LogP contribution < -0.4 is 20.1 Å². The molecule has 1 aromatic carbocycles. The second-order valence-corrected chi connectivity index (χ2v) is 8.00. The van der Waals surface area contributed by atoms with E-state index in [9.17, 15) is 0 Å². The van der Waals surface area contributed by atoms with Crippen molar-refractivity contribution < 1.29 is 9.47 Å². The third-order valence-electron chi connectivity index (χ3n) is 4.09. The maximum Gasteiger partial charge on any atom is 0.191 e. The van der Waals surface area contributed by atoms with Crippen LogP contribution in [-0.2, 0) is 0 Å². The molecule has 24 heavy (non-hydrogen) atoms. The number of thioether (sulfide) groups is 1. The molecule has 0 aromatic heterocycles. The summed E-state index contributed by atoms with van der Waals surface area (Å²) in [6.45, 7) is 5.97. The van der Waals surface area contributed by atoms with E-state index < -0.39 is 0 Å². The zero-order valence-electron chi connectivity index (χ0n) is 15.1. The minimum absolute atomic E-state index is 0.0205. The van der Waals surface area contributed by atoms with E-state index >= 15 is 0 Å². The lowest BCUT2D eigenvalue weighted by Gasteiger charge is -2.25. The number of hydrogen-bond acceptors (Lipinski definition) is 4. The Hall–Kier alpha value is -1.56. The molecule has 1 aromatic rings. The molecule has 0 spiro atoms. The lowest BCUT2D eigenvalue weighted by atomic mass is 10.1. The van der Waals surface area contributed by atoms with Crippen molar-refractivity contribution in [2.45, 2.75) is 37.5 Å². The first-order valence-electron chi connectivity index (χ1n) is 8.44. The first-order chi connectivity index (χ1) is 11.5. The minimum atomic E-state index is 0.0205. The van der Waals surface area contributed by atoms with Crippen molar-refractivity contribution in [2.24, 2.45) is 4.99 Å². The molecule has 1 saturated heterocycles. The Kier molecular flexibility index (Phi) is 7.09. The number of guanidine groups is 1. The molecule has 0 saturated carbocycles. The fraction of sp³-hybridized carbons (Fsp3) is 0.611. The van der Waals surface area contributed by atoms with E-state index in [0.717, 1.165) is 24.0 Å². The van der Waals surface area contributed by atoms with Gasteiger partial charge in [0.25, 0.3) is 0 Å². The number of methoxy groups -OCH3 is 1. The SMILES string of the molecule is CN=C(NCC(C)Oc1cccc(OC)c1)NCC1(C)CCCS1.